The van der Waals surface area contributed by atoms with E-state index in [0.717, 1.165) is 0 Å². The molecule has 0 bridgehead atoms. The van der Waals surface area contributed by atoms with Gasteiger partial charge in [0.25, 0.3) is 10.1 Å². The number of carboxylic acids is 2. The van der Waals surface area contributed by atoms with Gasteiger partial charge in [0.15, 0.2) is 0 Å². The zero-order chi connectivity index (χ0) is 13.0. The minimum atomic E-state index is -4.32. The van der Waals surface area contributed by atoms with Crippen LogP contribution in [0.25, 0.3) is 0 Å². The average molecular weight is 255 g/mol. The molecule has 9 heteroatoms. The van der Waals surface area contributed by atoms with Crippen molar-refractivity contribution in [1.29, 1.82) is 0 Å². The highest BCUT2D eigenvalue weighted by molar-refractivity contribution is 7.85. The predicted octanol–water partition coefficient (Wildman–Crippen LogP) is -1.09. The fourth-order valence-electron chi connectivity index (χ4n) is 0.980. The normalized spacial score (nSPS) is 15.4. The molecule has 0 aliphatic carbocycles. The smallest absolute Gasteiger partial charge is 0.323 e. The molecule has 1 unspecified atom stereocenters. The summed E-state index contributed by atoms with van der Waals surface area (Å²) in [5.74, 6) is -3.56. The Balaban J connectivity index is 4.58. The van der Waals surface area contributed by atoms with Crippen molar-refractivity contribution in [2.75, 3.05) is 5.75 Å². The van der Waals surface area contributed by atoms with Crippen molar-refractivity contribution in [2.24, 2.45) is 5.73 Å². The highest BCUT2D eigenvalue weighted by Crippen LogP contribution is 2.16. The Morgan fingerprint density at radius 1 is 1.19 bits per heavy atom. The number of rotatable bonds is 7. The maximum absolute atomic E-state index is 10.8. The summed E-state index contributed by atoms with van der Waals surface area (Å²) in [6.45, 7) is 0. The average Bonchev–Trinajstić information content (AvgIpc) is 2.10. The molecule has 0 saturated carbocycles. The van der Waals surface area contributed by atoms with Crippen molar-refractivity contribution in [1.82, 2.24) is 0 Å². The second-order valence-corrected chi connectivity index (χ2v) is 4.96. The van der Waals surface area contributed by atoms with Crippen LogP contribution in [0.4, 0.5) is 0 Å². The Labute approximate surface area is 91.8 Å². The first-order valence-electron chi connectivity index (χ1n) is 4.26. The van der Waals surface area contributed by atoms with Crippen molar-refractivity contribution in [2.45, 2.75) is 24.8 Å². The van der Waals surface area contributed by atoms with Crippen LogP contribution < -0.4 is 5.73 Å². The molecule has 0 heterocycles. The van der Waals surface area contributed by atoms with E-state index in [4.69, 9.17) is 20.5 Å². The van der Waals surface area contributed by atoms with Gasteiger partial charge >= 0.3 is 11.9 Å². The Morgan fingerprint density at radius 3 is 2.00 bits per heavy atom. The molecule has 5 N–H and O–H groups in total. The van der Waals surface area contributed by atoms with Gasteiger partial charge in [0.05, 0.1) is 5.75 Å². The lowest BCUT2D eigenvalue weighted by molar-refractivity contribution is -0.144. The lowest BCUT2D eigenvalue weighted by Gasteiger charge is -2.23. The van der Waals surface area contributed by atoms with Crippen LogP contribution in [0.1, 0.15) is 19.3 Å². The van der Waals surface area contributed by atoms with Crippen molar-refractivity contribution < 1.29 is 32.8 Å². The number of nitrogens with two attached hydrogens (primary N) is 1. The molecule has 0 aliphatic heterocycles. The lowest BCUT2D eigenvalue weighted by atomic mass is 9.92. The molecule has 0 fully saturated rings. The van der Waals surface area contributed by atoms with Crippen molar-refractivity contribution >= 4 is 22.1 Å². The topological polar surface area (TPSA) is 155 Å². The SMILES string of the molecule is NC(CCC(=O)O)(CCS(=O)(=O)O)C(=O)O. The molecule has 0 aliphatic rings. The number of carbonyl (C=O) groups is 2. The molecule has 0 saturated heterocycles. The Hall–Kier alpha value is -1.19. The van der Waals surface area contributed by atoms with Gasteiger partial charge in [0.2, 0.25) is 0 Å². The maximum atomic E-state index is 10.8. The van der Waals surface area contributed by atoms with Crippen LogP contribution in [0.5, 0.6) is 0 Å². The second-order valence-electron chi connectivity index (χ2n) is 3.39. The second kappa shape index (κ2) is 5.23. The van der Waals surface area contributed by atoms with E-state index in [2.05, 4.69) is 0 Å². The van der Waals surface area contributed by atoms with E-state index in [9.17, 15) is 18.0 Å². The quantitative estimate of drug-likeness (QED) is 0.418. The largest absolute Gasteiger partial charge is 0.481 e. The van der Waals surface area contributed by atoms with E-state index >= 15 is 0 Å². The molecule has 0 spiro atoms. The van der Waals surface area contributed by atoms with E-state index in [-0.39, 0.29) is 0 Å². The van der Waals surface area contributed by atoms with Crippen LogP contribution in [-0.2, 0) is 19.7 Å². The summed E-state index contributed by atoms with van der Waals surface area (Å²) in [5, 5.41) is 17.1. The molecule has 0 radical (unpaired) electrons. The third kappa shape index (κ3) is 5.63. The zero-order valence-electron chi connectivity index (χ0n) is 8.29. The van der Waals surface area contributed by atoms with E-state index in [1.165, 1.54) is 0 Å². The highest BCUT2D eigenvalue weighted by Gasteiger charge is 2.35. The van der Waals surface area contributed by atoms with Gasteiger partial charge < -0.3 is 15.9 Å². The van der Waals surface area contributed by atoms with Crippen molar-refractivity contribution in [3.8, 4) is 0 Å². The van der Waals surface area contributed by atoms with Gasteiger partial charge in [0, 0.05) is 6.42 Å². The minimum absolute atomic E-state index is 0.410. The van der Waals surface area contributed by atoms with Crippen LogP contribution >= 0.6 is 0 Å². The van der Waals surface area contributed by atoms with Crippen molar-refractivity contribution in [3.63, 3.8) is 0 Å². The van der Waals surface area contributed by atoms with Crippen LogP contribution in [0, 0.1) is 0 Å². The van der Waals surface area contributed by atoms with Gasteiger partial charge in [-0.15, -0.1) is 0 Å². The highest BCUT2D eigenvalue weighted by atomic mass is 32.2. The summed E-state index contributed by atoms with van der Waals surface area (Å²) in [6.07, 6.45) is -1.45. The van der Waals surface area contributed by atoms with Crippen LogP contribution in [0.2, 0.25) is 0 Å². The van der Waals surface area contributed by atoms with Gasteiger partial charge in [-0.25, -0.2) is 0 Å². The van der Waals surface area contributed by atoms with Crippen molar-refractivity contribution in [3.05, 3.63) is 0 Å². The number of aliphatic carboxylic acids is 2. The maximum Gasteiger partial charge on any atom is 0.323 e. The molecule has 0 aromatic rings. The summed E-state index contributed by atoms with van der Waals surface area (Å²) >= 11 is 0. The van der Waals surface area contributed by atoms with E-state index < -0.39 is 52.6 Å². The van der Waals surface area contributed by atoms with Crippen LogP contribution in [0.3, 0.4) is 0 Å². The fraction of sp³-hybridized carbons (Fsp3) is 0.714. The third-order valence-electron chi connectivity index (χ3n) is 2.02. The Bertz CT molecular complexity index is 376. The fourth-order valence-corrected chi connectivity index (χ4v) is 1.60. The minimum Gasteiger partial charge on any atom is -0.481 e. The molecule has 0 rings (SSSR count). The van der Waals surface area contributed by atoms with Gasteiger partial charge in [-0.3, -0.25) is 14.1 Å². The first-order chi connectivity index (χ1) is 7.07. The number of hydrogen-bond acceptors (Lipinski definition) is 5. The van der Waals surface area contributed by atoms with Gasteiger partial charge in [-0.2, -0.15) is 8.42 Å². The third-order valence-corrected chi connectivity index (χ3v) is 2.74. The van der Waals surface area contributed by atoms with Crippen LogP contribution in [-0.4, -0.2) is 46.4 Å². The summed E-state index contributed by atoms with van der Waals surface area (Å²) in [6, 6.07) is 0. The number of carboxylic acid groups (broad SMARTS) is 2. The molecule has 94 valence electrons. The Kier molecular flexibility index (Phi) is 4.84. The molecular weight excluding hydrogens is 242 g/mol. The summed E-state index contributed by atoms with van der Waals surface area (Å²) in [5.41, 5.74) is 3.39. The lowest BCUT2D eigenvalue weighted by Crippen LogP contribution is -2.49. The standard InChI is InChI=1S/C7H13NO7S/c8-7(6(11)12,2-1-5(9)10)3-4-16(13,14)15/h1-4,8H2,(H,9,10)(H,11,12)(H,13,14,15). The summed E-state index contributed by atoms with van der Waals surface area (Å²) in [7, 11) is -4.32. The molecule has 0 aromatic heterocycles. The monoisotopic (exact) mass is 255 g/mol. The van der Waals surface area contributed by atoms with E-state index in [1.807, 2.05) is 0 Å². The first kappa shape index (κ1) is 14.8. The van der Waals surface area contributed by atoms with Gasteiger partial charge in [-0.05, 0) is 12.8 Å². The molecule has 0 amide bonds. The van der Waals surface area contributed by atoms with Gasteiger partial charge in [-0.1, -0.05) is 0 Å². The zero-order valence-corrected chi connectivity index (χ0v) is 9.11. The summed E-state index contributed by atoms with van der Waals surface area (Å²) in [4.78, 5) is 21.0. The number of hydrogen-bond donors (Lipinski definition) is 4. The molecule has 0 aromatic carbocycles. The van der Waals surface area contributed by atoms with Crippen LogP contribution in [0.15, 0.2) is 0 Å². The molecule has 8 nitrogen and oxygen atoms in total. The van der Waals surface area contributed by atoms with E-state index in [1.54, 1.807) is 0 Å². The summed E-state index contributed by atoms with van der Waals surface area (Å²) < 4.78 is 29.3. The molecule has 16 heavy (non-hydrogen) atoms. The molecule has 1 atom stereocenters. The van der Waals surface area contributed by atoms with Gasteiger partial charge in [0.1, 0.15) is 5.54 Å². The predicted molar refractivity (Wildman–Crippen MR) is 52.5 cm³/mol. The van der Waals surface area contributed by atoms with E-state index in [0.29, 0.717) is 0 Å². The Morgan fingerprint density at radius 2 is 1.69 bits per heavy atom. The first-order valence-corrected chi connectivity index (χ1v) is 5.87. The molecular formula is C7H13NO7S.